The second-order valence-electron chi connectivity index (χ2n) is 5.93. The lowest BCUT2D eigenvalue weighted by atomic mass is 10.0. The van der Waals surface area contributed by atoms with Crippen LogP contribution in [0.5, 0.6) is 0 Å². The summed E-state index contributed by atoms with van der Waals surface area (Å²) in [4.78, 5) is 28.6. The lowest BCUT2D eigenvalue weighted by Crippen LogP contribution is -2.31. The zero-order valence-corrected chi connectivity index (χ0v) is 13.9. The zero-order chi connectivity index (χ0) is 16.8. The van der Waals surface area contributed by atoms with Crippen LogP contribution < -0.4 is 4.90 Å². The Morgan fingerprint density at radius 2 is 1.67 bits per heavy atom. The molecule has 0 saturated heterocycles. The summed E-state index contributed by atoms with van der Waals surface area (Å²) >= 11 is 5.95. The summed E-state index contributed by atoms with van der Waals surface area (Å²) in [6, 6.07) is 15.0. The molecule has 5 heteroatoms. The molecule has 0 aromatic heterocycles. The van der Waals surface area contributed by atoms with Crippen molar-refractivity contribution in [3.63, 3.8) is 0 Å². The number of hydrogen-bond acceptors (Lipinski definition) is 3. The summed E-state index contributed by atoms with van der Waals surface area (Å²) in [6.45, 7) is 0.693. The second-order valence-corrected chi connectivity index (χ2v) is 6.37. The van der Waals surface area contributed by atoms with Gasteiger partial charge in [0.15, 0.2) is 0 Å². The minimum atomic E-state index is -0.276. The van der Waals surface area contributed by atoms with Crippen molar-refractivity contribution in [3.8, 4) is 0 Å². The molecule has 2 aromatic carbocycles. The number of carbonyl (C=O) groups is 2. The fraction of sp³-hybridized carbons (Fsp3) is 0.158. The molecule has 0 radical (unpaired) electrons. The molecule has 4 rings (SSSR count). The van der Waals surface area contributed by atoms with Gasteiger partial charge in [0.2, 0.25) is 0 Å². The Morgan fingerprint density at radius 1 is 0.958 bits per heavy atom. The molecule has 4 nitrogen and oxygen atoms in total. The molecule has 24 heavy (non-hydrogen) atoms. The smallest absolute Gasteiger partial charge is 0.277 e. The van der Waals surface area contributed by atoms with E-state index in [0.717, 1.165) is 12.1 Å². The van der Waals surface area contributed by atoms with Crippen LogP contribution in [-0.4, -0.2) is 30.3 Å². The Kier molecular flexibility index (Phi) is 3.43. The fourth-order valence-corrected chi connectivity index (χ4v) is 3.45. The number of benzene rings is 2. The molecule has 0 fully saturated rings. The average Bonchev–Trinajstić information content (AvgIpc) is 3.11. The molecule has 120 valence electrons. The normalized spacial score (nSPS) is 17.1. The minimum absolute atomic E-state index is 0.262. The van der Waals surface area contributed by atoms with Crippen LogP contribution in [0, 0.1) is 0 Å². The van der Waals surface area contributed by atoms with Crippen molar-refractivity contribution in [2.45, 2.75) is 6.42 Å². The third-order valence-corrected chi connectivity index (χ3v) is 4.80. The third-order valence-electron chi connectivity index (χ3n) is 4.55. The number of anilines is 1. The van der Waals surface area contributed by atoms with Crippen molar-refractivity contribution in [2.75, 3.05) is 18.5 Å². The summed E-state index contributed by atoms with van der Waals surface area (Å²) in [5.41, 5.74) is 3.79. The molecule has 0 N–H and O–H groups in total. The molecule has 2 aliphatic heterocycles. The first-order valence-corrected chi connectivity index (χ1v) is 8.14. The van der Waals surface area contributed by atoms with Crippen LogP contribution in [0.1, 0.15) is 11.1 Å². The summed E-state index contributed by atoms with van der Waals surface area (Å²) in [5.74, 6) is -0.539. The molecule has 2 heterocycles. The van der Waals surface area contributed by atoms with Gasteiger partial charge in [-0.25, -0.2) is 0 Å². The van der Waals surface area contributed by atoms with E-state index in [9.17, 15) is 9.59 Å². The van der Waals surface area contributed by atoms with E-state index >= 15 is 0 Å². The van der Waals surface area contributed by atoms with E-state index in [-0.39, 0.29) is 11.8 Å². The summed E-state index contributed by atoms with van der Waals surface area (Å²) in [6.07, 6.45) is 0.860. The Morgan fingerprint density at radius 3 is 2.42 bits per heavy atom. The van der Waals surface area contributed by atoms with Crippen molar-refractivity contribution in [3.05, 3.63) is 70.4 Å². The molecule has 0 saturated carbocycles. The van der Waals surface area contributed by atoms with Gasteiger partial charge < -0.3 is 4.90 Å². The standard InChI is InChI=1S/C19H15ClN2O2/c1-21-18(23)16(13-6-8-14(20)9-7-13)17(19(21)24)22-11-10-12-4-2-3-5-15(12)22/h2-9H,10-11H2,1H3. The highest BCUT2D eigenvalue weighted by atomic mass is 35.5. The van der Waals surface area contributed by atoms with Gasteiger partial charge in [0.1, 0.15) is 5.70 Å². The lowest BCUT2D eigenvalue weighted by molar-refractivity contribution is -0.135. The van der Waals surface area contributed by atoms with E-state index < -0.39 is 0 Å². The quantitative estimate of drug-likeness (QED) is 0.790. The van der Waals surface area contributed by atoms with Crippen LogP contribution >= 0.6 is 11.6 Å². The van der Waals surface area contributed by atoms with Crippen molar-refractivity contribution in [1.29, 1.82) is 0 Å². The molecule has 2 aliphatic rings. The van der Waals surface area contributed by atoms with Gasteiger partial charge in [-0.15, -0.1) is 0 Å². The highest BCUT2D eigenvalue weighted by Gasteiger charge is 2.41. The van der Waals surface area contributed by atoms with E-state index in [4.69, 9.17) is 11.6 Å². The predicted octanol–water partition coefficient (Wildman–Crippen LogP) is 3.11. The van der Waals surface area contributed by atoms with E-state index in [1.54, 1.807) is 24.3 Å². The van der Waals surface area contributed by atoms with Crippen molar-refractivity contribution >= 4 is 34.7 Å². The van der Waals surface area contributed by atoms with Gasteiger partial charge in [-0.05, 0) is 35.7 Å². The lowest BCUT2D eigenvalue weighted by Gasteiger charge is -2.21. The first-order chi connectivity index (χ1) is 11.6. The van der Waals surface area contributed by atoms with Gasteiger partial charge in [-0.3, -0.25) is 14.5 Å². The van der Waals surface area contributed by atoms with Crippen LogP contribution in [0.3, 0.4) is 0 Å². The highest BCUT2D eigenvalue weighted by molar-refractivity contribution is 6.37. The number of hydrogen-bond donors (Lipinski definition) is 0. The number of carbonyl (C=O) groups excluding carboxylic acids is 2. The SMILES string of the molecule is CN1C(=O)C(c2ccc(Cl)cc2)=C(N2CCc3ccccc32)C1=O. The molecule has 0 unspecified atom stereocenters. The summed E-state index contributed by atoms with van der Waals surface area (Å²) < 4.78 is 0. The number of fused-ring (bicyclic) bond motifs is 1. The van der Waals surface area contributed by atoms with Gasteiger partial charge >= 0.3 is 0 Å². The van der Waals surface area contributed by atoms with Gasteiger partial charge in [0.25, 0.3) is 11.8 Å². The molecular formula is C19H15ClN2O2. The topological polar surface area (TPSA) is 40.6 Å². The van der Waals surface area contributed by atoms with Crippen LogP contribution in [0.2, 0.25) is 5.02 Å². The van der Waals surface area contributed by atoms with Crippen molar-refractivity contribution in [2.24, 2.45) is 0 Å². The first-order valence-electron chi connectivity index (χ1n) is 7.76. The number of rotatable bonds is 2. The van der Waals surface area contributed by atoms with Gasteiger partial charge in [0, 0.05) is 24.3 Å². The number of nitrogens with zero attached hydrogens (tertiary/aromatic N) is 2. The number of imide groups is 1. The number of likely N-dealkylation sites (N-methyl/N-ethyl adjacent to an activating group) is 1. The number of halogens is 1. The Hall–Kier alpha value is -2.59. The number of para-hydroxylation sites is 1. The Bertz CT molecular complexity index is 886. The van der Waals surface area contributed by atoms with Gasteiger partial charge in [-0.1, -0.05) is 41.9 Å². The summed E-state index contributed by atoms with van der Waals surface area (Å²) in [7, 11) is 1.52. The summed E-state index contributed by atoms with van der Waals surface area (Å²) in [5, 5.41) is 0.595. The molecule has 2 aromatic rings. The number of amides is 2. The highest BCUT2D eigenvalue weighted by Crippen LogP contribution is 2.38. The van der Waals surface area contributed by atoms with E-state index in [1.165, 1.54) is 17.5 Å². The third kappa shape index (κ3) is 2.14. The second kappa shape index (κ2) is 5.49. The molecule has 0 spiro atoms. The fourth-order valence-electron chi connectivity index (χ4n) is 3.32. The van der Waals surface area contributed by atoms with Crippen LogP contribution in [0.4, 0.5) is 5.69 Å². The van der Waals surface area contributed by atoms with Crippen molar-refractivity contribution < 1.29 is 9.59 Å². The van der Waals surface area contributed by atoms with E-state index in [0.29, 0.717) is 28.4 Å². The average molecular weight is 339 g/mol. The molecular weight excluding hydrogens is 324 g/mol. The first kappa shape index (κ1) is 15.0. The van der Waals surface area contributed by atoms with Crippen LogP contribution in [-0.2, 0) is 16.0 Å². The minimum Gasteiger partial charge on any atom is -0.336 e. The maximum atomic E-state index is 12.7. The Balaban J connectivity index is 1.90. The van der Waals surface area contributed by atoms with E-state index in [1.807, 2.05) is 23.1 Å². The van der Waals surface area contributed by atoms with Gasteiger partial charge in [0.05, 0.1) is 5.57 Å². The van der Waals surface area contributed by atoms with Crippen LogP contribution in [0.25, 0.3) is 5.57 Å². The van der Waals surface area contributed by atoms with E-state index in [2.05, 4.69) is 6.07 Å². The molecule has 0 atom stereocenters. The molecule has 0 bridgehead atoms. The van der Waals surface area contributed by atoms with Gasteiger partial charge in [-0.2, -0.15) is 0 Å². The zero-order valence-electron chi connectivity index (χ0n) is 13.1. The Labute approximate surface area is 144 Å². The molecule has 2 amide bonds. The van der Waals surface area contributed by atoms with Crippen LogP contribution in [0.15, 0.2) is 54.2 Å². The monoisotopic (exact) mass is 338 g/mol. The predicted molar refractivity (Wildman–Crippen MR) is 93.6 cm³/mol. The maximum Gasteiger partial charge on any atom is 0.277 e. The molecule has 0 aliphatic carbocycles. The van der Waals surface area contributed by atoms with Crippen molar-refractivity contribution in [1.82, 2.24) is 4.90 Å². The largest absolute Gasteiger partial charge is 0.336 e. The maximum absolute atomic E-state index is 12.7.